The number of benzene rings is 2. The highest BCUT2D eigenvalue weighted by Gasteiger charge is 2.50. The second-order valence-electron chi connectivity index (χ2n) is 6.82. The van der Waals surface area contributed by atoms with E-state index >= 15 is 0 Å². The third-order valence-corrected chi connectivity index (χ3v) is 6.66. The summed E-state index contributed by atoms with van der Waals surface area (Å²) in [5, 5.41) is -0.251. The molecule has 0 bridgehead atoms. The summed E-state index contributed by atoms with van der Waals surface area (Å²) >= 11 is 1.12. The molecule has 0 amide bonds. The normalized spacial score (nSPS) is 22.3. The minimum absolute atomic E-state index is 0.145. The van der Waals surface area contributed by atoms with E-state index in [1.807, 2.05) is 6.08 Å². The Labute approximate surface area is 163 Å². The summed E-state index contributed by atoms with van der Waals surface area (Å²) in [4.78, 5) is 0. The Morgan fingerprint density at radius 2 is 1.14 bits per heavy atom. The van der Waals surface area contributed by atoms with Gasteiger partial charge in [-0.1, -0.05) is 55.5 Å². The number of hydrogen-bond donors (Lipinski definition) is 0. The molecule has 0 aromatic heterocycles. The summed E-state index contributed by atoms with van der Waals surface area (Å²) in [6.07, 6.45) is -5.83. The van der Waals surface area contributed by atoms with Crippen molar-refractivity contribution >= 4 is 11.8 Å². The van der Waals surface area contributed by atoms with Crippen LogP contribution >= 0.6 is 11.8 Å². The van der Waals surface area contributed by atoms with Crippen LogP contribution < -0.4 is 0 Å². The third kappa shape index (κ3) is 3.56. The summed E-state index contributed by atoms with van der Waals surface area (Å²) in [7, 11) is 0. The third-order valence-electron chi connectivity index (χ3n) is 4.95. The second-order valence-corrected chi connectivity index (χ2v) is 8.44. The van der Waals surface area contributed by atoms with E-state index in [2.05, 4.69) is 0 Å². The maximum Gasteiger partial charge on any atom is 0.416 e. The van der Waals surface area contributed by atoms with Gasteiger partial charge in [0, 0.05) is 5.25 Å². The molecule has 1 heterocycles. The van der Waals surface area contributed by atoms with E-state index in [1.54, 1.807) is 19.9 Å². The van der Waals surface area contributed by atoms with Crippen molar-refractivity contribution in [2.45, 2.75) is 36.2 Å². The maximum atomic E-state index is 13.8. The Morgan fingerprint density at radius 3 is 1.57 bits per heavy atom. The largest absolute Gasteiger partial charge is 0.416 e. The summed E-state index contributed by atoms with van der Waals surface area (Å²) in [5.41, 5.74) is -2.11. The lowest BCUT2D eigenvalue weighted by Gasteiger charge is -2.44. The predicted octanol–water partition coefficient (Wildman–Crippen LogP) is 7.30. The monoisotopic (exact) mass is 416 g/mol. The SMILES string of the molecule is C[C@@H]1C=C[C@@H](C)C(c2ccccc2C(F)(F)F)(c2ccccc2C(F)(F)F)S1. The van der Waals surface area contributed by atoms with Gasteiger partial charge in [0.2, 0.25) is 0 Å². The molecule has 0 saturated carbocycles. The van der Waals surface area contributed by atoms with Gasteiger partial charge >= 0.3 is 12.4 Å². The summed E-state index contributed by atoms with van der Waals surface area (Å²) in [6, 6.07) is 9.86. The zero-order valence-corrected chi connectivity index (χ0v) is 15.9. The number of allylic oxidation sites excluding steroid dienone is 1. The zero-order chi connectivity index (χ0) is 20.7. The minimum Gasteiger partial charge on any atom is -0.166 e. The van der Waals surface area contributed by atoms with Crippen molar-refractivity contribution in [3.63, 3.8) is 0 Å². The quantitative estimate of drug-likeness (QED) is 0.366. The number of halogens is 6. The molecular formula is C21H18F6S. The van der Waals surface area contributed by atoms with Crippen LogP contribution in [0.15, 0.2) is 60.7 Å². The Hall–Kier alpha value is -1.89. The lowest BCUT2D eigenvalue weighted by Crippen LogP contribution is -2.38. The highest BCUT2D eigenvalue weighted by molar-refractivity contribution is 8.01. The van der Waals surface area contributed by atoms with Crippen molar-refractivity contribution in [2.75, 3.05) is 0 Å². The Morgan fingerprint density at radius 1 is 0.714 bits per heavy atom. The number of hydrogen-bond acceptors (Lipinski definition) is 1. The molecule has 2 aromatic carbocycles. The molecule has 2 atom stereocenters. The fourth-order valence-corrected chi connectivity index (χ4v) is 5.43. The van der Waals surface area contributed by atoms with Gasteiger partial charge in [-0.25, -0.2) is 0 Å². The van der Waals surface area contributed by atoms with Gasteiger partial charge in [0.05, 0.1) is 15.9 Å². The summed E-state index contributed by atoms with van der Waals surface area (Å²) < 4.78 is 81.3. The highest BCUT2D eigenvalue weighted by Crippen LogP contribution is 2.57. The summed E-state index contributed by atoms with van der Waals surface area (Å²) in [5.74, 6) is -0.583. The van der Waals surface area contributed by atoms with Crippen LogP contribution in [0.3, 0.4) is 0 Å². The molecule has 0 saturated heterocycles. The van der Waals surface area contributed by atoms with Gasteiger partial charge in [-0.15, -0.1) is 11.8 Å². The van der Waals surface area contributed by atoms with Crippen LogP contribution in [-0.4, -0.2) is 5.25 Å². The average Bonchev–Trinajstić information content (AvgIpc) is 2.62. The van der Waals surface area contributed by atoms with Crippen LogP contribution in [0.5, 0.6) is 0 Å². The smallest absolute Gasteiger partial charge is 0.166 e. The lowest BCUT2D eigenvalue weighted by molar-refractivity contribution is -0.138. The molecule has 3 rings (SSSR count). The van der Waals surface area contributed by atoms with E-state index in [0.717, 1.165) is 23.9 Å². The molecule has 0 aliphatic carbocycles. The molecule has 0 radical (unpaired) electrons. The van der Waals surface area contributed by atoms with E-state index in [1.165, 1.54) is 36.4 Å². The first kappa shape index (κ1) is 20.8. The molecule has 0 spiro atoms. The van der Waals surface area contributed by atoms with Crippen molar-refractivity contribution in [2.24, 2.45) is 5.92 Å². The van der Waals surface area contributed by atoms with Crippen molar-refractivity contribution in [3.05, 3.63) is 82.9 Å². The zero-order valence-electron chi connectivity index (χ0n) is 15.1. The molecular weight excluding hydrogens is 398 g/mol. The van der Waals surface area contributed by atoms with Crippen molar-refractivity contribution < 1.29 is 26.3 Å². The Kier molecular flexibility index (Phi) is 5.34. The molecule has 2 aromatic rings. The van der Waals surface area contributed by atoms with Crippen LogP contribution in [0.2, 0.25) is 0 Å². The summed E-state index contributed by atoms with van der Waals surface area (Å²) in [6.45, 7) is 3.43. The molecule has 7 heteroatoms. The lowest BCUT2D eigenvalue weighted by atomic mass is 9.76. The first-order valence-corrected chi connectivity index (χ1v) is 9.55. The van der Waals surface area contributed by atoms with Crippen LogP contribution in [0.1, 0.15) is 36.1 Å². The molecule has 0 fully saturated rings. The van der Waals surface area contributed by atoms with Crippen molar-refractivity contribution in [1.82, 2.24) is 0 Å². The van der Waals surface area contributed by atoms with Crippen molar-refractivity contribution in [1.29, 1.82) is 0 Å². The highest BCUT2D eigenvalue weighted by atomic mass is 32.2. The van der Waals surface area contributed by atoms with E-state index < -0.39 is 34.1 Å². The minimum atomic E-state index is -4.68. The van der Waals surface area contributed by atoms with Gasteiger partial charge in [0.15, 0.2) is 0 Å². The predicted molar refractivity (Wildman–Crippen MR) is 99.0 cm³/mol. The van der Waals surface area contributed by atoms with Gasteiger partial charge in [-0.05, 0) is 36.1 Å². The fraction of sp³-hybridized carbons (Fsp3) is 0.333. The van der Waals surface area contributed by atoms with E-state index in [4.69, 9.17) is 0 Å². The van der Waals surface area contributed by atoms with Gasteiger partial charge < -0.3 is 0 Å². The number of alkyl halides is 6. The maximum absolute atomic E-state index is 13.8. The van der Waals surface area contributed by atoms with Gasteiger partial charge in [0.25, 0.3) is 0 Å². The number of thioether (sulfide) groups is 1. The van der Waals surface area contributed by atoms with Gasteiger partial charge in [-0.2, -0.15) is 26.3 Å². The molecule has 0 nitrogen and oxygen atoms in total. The fourth-order valence-electron chi connectivity index (χ4n) is 3.77. The number of rotatable bonds is 2. The molecule has 0 unspecified atom stereocenters. The molecule has 28 heavy (non-hydrogen) atoms. The molecule has 0 N–H and O–H groups in total. The first-order valence-electron chi connectivity index (χ1n) is 8.67. The van der Waals surface area contributed by atoms with E-state index in [0.29, 0.717) is 0 Å². The van der Waals surface area contributed by atoms with Crippen molar-refractivity contribution in [3.8, 4) is 0 Å². The Balaban J connectivity index is 2.41. The van der Waals surface area contributed by atoms with Gasteiger partial charge in [0.1, 0.15) is 0 Å². The van der Waals surface area contributed by atoms with Crippen LogP contribution in [0, 0.1) is 5.92 Å². The van der Waals surface area contributed by atoms with Crippen LogP contribution in [0.25, 0.3) is 0 Å². The van der Waals surface area contributed by atoms with E-state index in [-0.39, 0.29) is 16.4 Å². The van der Waals surface area contributed by atoms with Crippen LogP contribution in [0.4, 0.5) is 26.3 Å². The molecule has 150 valence electrons. The van der Waals surface area contributed by atoms with Gasteiger partial charge in [-0.3, -0.25) is 0 Å². The Bertz CT molecular complexity index is 823. The molecule has 1 aliphatic heterocycles. The second kappa shape index (κ2) is 7.17. The van der Waals surface area contributed by atoms with Crippen LogP contribution in [-0.2, 0) is 17.1 Å². The average molecular weight is 416 g/mol. The topological polar surface area (TPSA) is 0 Å². The van der Waals surface area contributed by atoms with E-state index in [9.17, 15) is 26.3 Å². The molecule has 1 aliphatic rings. The first-order chi connectivity index (χ1) is 13.0. The standard InChI is InChI=1S/C21H18F6S/c1-13-11-12-14(2)28-19(13,15-7-3-5-9-17(15)20(22,23)24)16-8-4-6-10-18(16)21(25,26)27/h3-14H,1-2H3/t13-,14-/m1/s1.